The zero-order valence-corrected chi connectivity index (χ0v) is 13.7. The first kappa shape index (κ1) is 16.6. The fourth-order valence-electron chi connectivity index (χ4n) is 2.53. The molecule has 6 heteroatoms. The van der Waals surface area contributed by atoms with Gasteiger partial charge in [-0.2, -0.15) is 0 Å². The van der Waals surface area contributed by atoms with Crippen LogP contribution in [0.25, 0.3) is 10.9 Å². The van der Waals surface area contributed by atoms with Crippen molar-refractivity contribution in [2.45, 2.75) is 6.92 Å². The van der Waals surface area contributed by atoms with E-state index in [9.17, 15) is 14.0 Å². The third kappa shape index (κ3) is 3.47. The summed E-state index contributed by atoms with van der Waals surface area (Å²) in [6.07, 6.45) is 0. The fraction of sp³-hybridized carbons (Fsp3) is 0.105. The minimum absolute atomic E-state index is 0.201. The highest BCUT2D eigenvalue weighted by Crippen LogP contribution is 2.25. The average molecular weight is 338 g/mol. The first-order chi connectivity index (χ1) is 12.0. The molecule has 0 bridgehead atoms. The van der Waals surface area contributed by atoms with E-state index in [1.807, 2.05) is 0 Å². The Morgan fingerprint density at radius 3 is 2.60 bits per heavy atom. The molecule has 3 rings (SSSR count). The number of rotatable bonds is 3. The molecule has 0 aliphatic carbocycles. The maximum absolute atomic E-state index is 13.3. The molecule has 0 radical (unpaired) electrons. The third-order valence-electron chi connectivity index (χ3n) is 3.69. The largest absolute Gasteiger partial charge is 0.465 e. The molecule has 0 fully saturated rings. The number of carbonyl (C=O) groups is 2. The number of nitrogens with zero attached hydrogens (tertiary/aromatic N) is 1. The number of hydrogen-bond acceptors (Lipinski definition) is 4. The van der Waals surface area contributed by atoms with E-state index in [1.165, 1.54) is 25.3 Å². The summed E-state index contributed by atoms with van der Waals surface area (Å²) < 4.78 is 18.0. The lowest BCUT2D eigenvalue weighted by Gasteiger charge is -2.11. The minimum atomic E-state index is -0.489. The molecule has 126 valence electrons. The molecule has 0 atom stereocenters. The number of fused-ring (bicyclic) bond motifs is 1. The maximum atomic E-state index is 13.3. The monoisotopic (exact) mass is 338 g/mol. The van der Waals surface area contributed by atoms with Crippen molar-refractivity contribution in [2.24, 2.45) is 0 Å². The smallest absolute Gasteiger partial charge is 0.337 e. The highest BCUT2D eigenvalue weighted by molar-refractivity contribution is 6.09. The zero-order chi connectivity index (χ0) is 18.0. The number of benzene rings is 2. The maximum Gasteiger partial charge on any atom is 0.337 e. The van der Waals surface area contributed by atoms with Crippen molar-refractivity contribution in [1.29, 1.82) is 0 Å². The summed E-state index contributed by atoms with van der Waals surface area (Å²) in [6, 6.07) is 12.0. The minimum Gasteiger partial charge on any atom is -0.465 e. The Balaban J connectivity index is 2.04. The van der Waals surface area contributed by atoms with Gasteiger partial charge < -0.3 is 10.1 Å². The van der Waals surface area contributed by atoms with Crippen molar-refractivity contribution >= 4 is 28.5 Å². The van der Waals surface area contributed by atoms with E-state index in [0.29, 0.717) is 27.8 Å². The normalized spacial score (nSPS) is 10.5. The second-order valence-corrected chi connectivity index (χ2v) is 5.50. The number of aromatic nitrogens is 1. The van der Waals surface area contributed by atoms with Gasteiger partial charge >= 0.3 is 5.97 Å². The predicted octanol–water partition coefficient (Wildman–Crippen LogP) is 3.72. The Bertz CT molecular complexity index is 986. The predicted molar refractivity (Wildman–Crippen MR) is 92.2 cm³/mol. The van der Waals surface area contributed by atoms with Gasteiger partial charge in [-0.05, 0) is 49.4 Å². The topological polar surface area (TPSA) is 68.3 Å². The number of esters is 1. The van der Waals surface area contributed by atoms with Crippen molar-refractivity contribution in [1.82, 2.24) is 4.98 Å². The van der Waals surface area contributed by atoms with Crippen LogP contribution in [0.5, 0.6) is 0 Å². The van der Waals surface area contributed by atoms with Crippen LogP contribution in [0.1, 0.15) is 26.4 Å². The number of anilines is 1. The Hall–Kier alpha value is -3.28. The molecule has 0 aliphatic heterocycles. The quantitative estimate of drug-likeness (QED) is 0.739. The Labute approximate surface area is 143 Å². The van der Waals surface area contributed by atoms with E-state index in [0.717, 1.165) is 6.07 Å². The molecule has 0 saturated heterocycles. The number of carbonyl (C=O) groups excluding carboxylic acids is 2. The van der Waals surface area contributed by atoms with Gasteiger partial charge in [0, 0.05) is 16.6 Å². The Morgan fingerprint density at radius 1 is 1.08 bits per heavy atom. The van der Waals surface area contributed by atoms with Crippen LogP contribution in [-0.2, 0) is 4.74 Å². The summed E-state index contributed by atoms with van der Waals surface area (Å²) in [6.45, 7) is 1.80. The summed E-state index contributed by atoms with van der Waals surface area (Å²) in [4.78, 5) is 28.5. The van der Waals surface area contributed by atoms with Gasteiger partial charge in [-0.15, -0.1) is 0 Å². The molecular formula is C19H15FN2O3. The highest BCUT2D eigenvalue weighted by Gasteiger charge is 2.13. The summed E-state index contributed by atoms with van der Waals surface area (Å²) in [7, 11) is 1.30. The van der Waals surface area contributed by atoms with E-state index in [1.54, 1.807) is 31.2 Å². The molecular weight excluding hydrogens is 323 g/mol. The van der Waals surface area contributed by atoms with Gasteiger partial charge in [-0.1, -0.05) is 6.07 Å². The number of amides is 1. The molecule has 0 spiro atoms. The molecule has 0 saturated carbocycles. The van der Waals surface area contributed by atoms with Gasteiger partial charge in [0.1, 0.15) is 5.82 Å². The van der Waals surface area contributed by atoms with Crippen LogP contribution >= 0.6 is 0 Å². The molecule has 2 aromatic carbocycles. The lowest BCUT2D eigenvalue weighted by molar-refractivity contribution is 0.0601. The van der Waals surface area contributed by atoms with Crippen molar-refractivity contribution in [3.05, 3.63) is 71.2 Å². The SMILES string of the molecule is COC(=O)c1ccc2nc(C)cc(NC(=O)c3cccc(F)c3)c2c1. The van der Waals surface area contributed by atoms with Gasteiger partial charge in [-0.3, -0.25) is 9.78 Å². The number of hydrogen-bond donors (Lipinski definition) is 1. The second kappa shape index (κ2) is 6.68. The molecule has 1 N–H and O–H groups in total. The van der Waals surface area contributed by atoms with Gasteiger partial charge in [-0.25, -0.2) is 9.18 Å². The van der Waals surface area contributed by atoms with Gasteiger partial charge in [0.25, 0.3) is 5.91 Å². The summed E-state index contributed by atoms with van der Waals surface area (Å²) >= 11 is 0. The van der Waals surface area contributed by atoms with E-state index < -0.39 is 17.7 Å². The third-order valence-corrected chi connectivity index (χ3v) is 3.69. The van der Waals surface area contributed by atoms with E-state index in [4.69, 9.17) is 4.74 Å². The average Bonchev–Trinajstić information content (AvgIpc) is 2.60. The van der Waals surface area contributed by atoms with Crippen LogP contribution in [0.15, 0.2) is 48.5 Å². The molecule has 1 heterocycles. The van der Waals surface area contributed by atoms with Crippen LogP contribution in [-0.4, -0.2) is 24.0 Å². The van der Waals surface area contributed by atoms with Crippen LogP contribution in [0.4, 0.5) is 10.1 Å². The van der Waals surface area contributed by atoms with E-state index in [2.05, 4.69) is 10.3 Å². The van der Waals surface area contributed by atoms with Gasteiger partial charge in [0.2, 0.25) is 0 Å². The Morgan fingerprint density at radius 2 is 1.88 bits per heavy atom. The first-order valence-electron chi connectivity index (χ1n) is 7.54. The summed E-state index contributed by atoms with van der Waals surface area (Å²) in [5, 5.41) is 3.35. The van der Waals surface area contributed by atoms with Gasteiger partial charge in [0.05, 0.1) is 23.9 Å². The molecule has 0 unspecified atom stereocenters. The number of ether oxygens (including phenoxy) is 1. The molecule has 0 aliphatic rings. The standard InChI is InChI=1S/C19H15FN2O3/c1-11-8-17(22-18(23)12-4-3-5-14(20)9-12)15-10-13(19(24)25-2)6-7-16(15)21-11/h3-10H,1-2H3,(H,21,22,23). The van der Waals surface area contributed by atoms with E-state index >= 15 is 0 Å². The number of aryl methyl sites for hydroxylation is 1. The van der Waals surface area contributed by atoms with E-state index in [-0.39, 0.29) is 5.56 Å². The van der Waals surface area contributed by atoms with Crippen molar-refractivity contribution in [2.75, 3.05) is 12.4 Å². The number of methoxy groups -OCH3 is 1. The second-order valence-electron chi connectivity index (χ2n) is 5.50. The van der Waals surface area contributed by atoms with Gasteiger partial charge in [0.15, 0.2) is 0 Å². The number of nitrogens with one attached hydrogen (secondary N) is 1. The van der Waals surface area contributed by atoms with Crippen molar-refractivity contribution < 1.29 is 18.7 Å². The van der Waals surface area contributed by atoms with Crippen molar-refractivity contribution in [3.63, 3.8) is 0 Å². The lowest BCUT2D eigenvalue weighted by Crippen LogP contribution is -2.13. The molecule has 3 aromatic rings. The van der Waals surface area contributed by atoms with Crippen molar-refractivity contribution in [3.8, 4) is 0 Å². The first-order valence-corrected chi connectivity index (χ1v) is 7.54. The lowest BCUT2D eigenvalue weighted by atomic mass is 10.1. The number of halogens is 1. The molecule has 25 heavy (non-hydrogen) atoms. The number of pyridine rings is 1. The highest BCUT2D eigenvalue weighted by atomic mass is 19.1. The summed E-state index contributed by atoms with van der Waals surface area (Å²) in [5.41, 5.74) is 2.37. The van der Waals surface area contributed by atoms with Crippen LogP contribution in [0.2, 0.25) is 0 Å². The summed E-state index contributed by atoms with van der Waals surface area (Å²) in [5.74, 6) is -1.42. The molecule has 1 amide bonds. The molecule has 1 aromatic heterocycles. The Kier molecular flexibility index (Phi) is 4.43. The van der Waals surface area contributed by atoms with Crippen LogP contribution in [0.3, 0.4) is 0 Å². The zero-order valence-electron chi connectivity index (χ0n) is 13.7. The molecule has 5 nitrogen and oxygen atoms in total. The van der Waals surface area contributed by atoms with Crippen LogP contribution < -0.4 is 5.32 Å². The van der Waals surface area contributed by atoms with Crippen LogP contribution in [0, 0.1) is 12.7 Å². The fourth-order valence-corrected chi connectivity index (χ4v) is 2.53.